The maximum absolute atomic E-state index is 7.23. The summed E-state index contributed by atoms with van der Waals surface area (Å²) in [6, 6.07) is 18.8. The Morgan fingerprint density at radius 2 is 0.805 bits per heavy atom. The first-order valence-electron chi connectivity index (χ1n) is 32.5. The predicted molar refractivity (Wildman–Crippen MR) is 365 cm³/mol. The smallest absolute Gasteiger partial charge is 0.172 e. The molecule has 446 valence electrons. The highest BCUT2D eigenvalue weighted by atomic mass is 32.1. The van der Waals surface area contributed by atoms with E-state index in [9.17, 15) is 0 Å². The second kappa shape index (κ2) is 34.6. The number of hydrogen-bond donors (Lipinski definition) is 0. The highest BCUT2D eigenvalue weighted by Gasteiger charge is 2.30. The van der Waals surface area contributed by atoms with Gasteiger partial charge in [-0.1, -0.05) is 221 Å². The van der Waals surface area contributed by atoms with Crippen molar-refractivity contribution in [3.05, 3.63) is 69.4 Å². The van der Waals surface area contributed by atoms with E-state index in [1.165, 1.54) is 242 Å². The Bertz CT molecular complexity index is 3110. The molecule has 2 atom stereocenters. The van der Waals surface area contributed by atoms with E-state index in [4.69, 9.17) is 27.0 Å². The fraction of sp³-hybridized carbons (Fsp3) is 0.600. The van der Waals surface area contributed by atoms with Crippen LogP contribution in [0.1, 0.15) is 242 Å². The summed E-state index contributed by atoms with van der Waals surface area (Å²) in [6.07, 6.45) is 37.9. The zero-order valence-corrected chi connectivity index (χ0v) is 56.4. The molecule has 12 heteroatoms. The van der Waals surface area contributed by atoms with Crippen molar-refractivity contribution in [2.24, 2.45) is 11.8 Å². The summed E-state index contributed by atoms with van der Waals surface area (Å²) >= 11 is 10.2. The van der Waals surface area contributed by atoms with Crippen LogP contribution in [0.2, 0.25) is 0 Å². The molecule has 82 heavy (non-hydrogen) atoms. The van der Waals surface area contributed by atoms with Gasteiger partial charge in [0.1, 0.15) is 22.1 Å². The number of hydrogen-bond acceptors (Lipinski definition) is 12. The number of rotatable bonds is 41. The normalized spacial score (nSPS) is 12.6. The Kier molecular flexibility index (Phi) is 27.2. The molecule has 0 radical (unpaired) electrons. The molecule has 6 heterocycles. The maximum Gasteiger partial charge on any atom is 0.172 e. The standard InChI is InChI=1S/C70H98N4O2S6/c1-9-15-19-21-23-25-27-29-31-33-43-75-68-62(57-40-37-49(7)77-57)66-67(74-82-73-66)63(69(68)76-44-34-32-30-28-26-24-22-20-16-10-2)58-41-42-59(79-58)70-54(46-52(14-6)36-18-12-4)48-61(80-70)56-39-38-55(64-65(56)72-81-71-64)60-47-53(50(8)78-60)45-51(13-5)35-17-11-3/h37-42,47-48,51-52H,9-36,43-46H2,1-8H3. The average molecular weight is 1220 g/mol. The largest absolute Gasteiger partial charge is 0.489 e. The van der Waals surface area contributed by atoms with Crippen LogP contribution in [0.25, 0.3) is 73.6 Å². The van der Waals surface area contributed by atoms with E-state index in [1.807, 2.05) is 45.3 Å². The van der Waals surface area contributed by atoms with Gasteiger partial charge >= 0.3 is 0 Å². The Labute approximate surface area is 519 Å². The van der Waals surface area contributed by atoms with Gasteiger partial charge in [0.2, 0.25) is 0 Å². The number of aryl methyl sites for hydroxylation is 2. The summed E-state index contributed by atoms with van der Waals surface area (Å²) in [5, 5.41) is 0. The molecule has 8 rings (SSSR count). The van der Waals surface area contributed by atoms with Crippen LogP contribution < -0.4 is 9.47 Å². The van der Waals surface area contributed by atoms with Crippen molar-refractivity contribution in [2.45, 2.75) is 248 Å². The number of thiophene rings is 4. The first-order valence-corrected chi connectivity index (χ1v) is 37.3. The minimum Gasteiger partial charge on any atom is -0.489 e. The van der Waals surface area contributed by atoms with E-state index in [-0.39, 0.29) is 0 Å². The van der Waals surface area contributed by atoms with Crippen LogP contribution in [0.5, 0.6) is 11.5 Å². The predicted octanol–water partition coefficient (Wildman–Crippen LogP) is 25.0. The van der Waals surface area contributed by atoms with Crippen LogP contribution in [0.3, 0.4) is 0 Å². The highest BCUT2D eigenvalue weighted by Crippen LogP contribution is 2.55. The van der Waals surface area contributed by atoms with Crippen LogP contribution in [-0.2, 0) is 12.8 Å². The van der Waals surface area contributed by atoms with Gasteiger partial charge < -0.3 is 9.47 Å². The lowest BCUT2D eigenvalue weighted by atomic mass is 9.91. The SMILES string of the molecule is CCCCCCCCCCCCOc1c(OCCCCCCCCCCCC)c(-c2ccc(-c3sc(-c4ccc(-c5cc(CC(CC)CCCC)c(C)s5)c5nsnc45)cc3CC(CC)CCCC)s2)c2nsnc2c1-c1ccc(C)s1. The highest BCUT2D eigenvalue weighted by molar-refractivity contribution is 7.25. The summed E-state index contributed by atoms with van der Waals surface area (Å²) in [4.78, 5) is 10.2. The number of ether oxygens (including phenoxy) is 2. The summed E-state index contributed by atoms with van der Waals surface area (Å²) in [6.45, 7) is 19.8. The average Bonchev–Trinajstić information content (AvgIpc) is 3.19. The molecule has 8 aromatic rings. The molecule has 0 N–H and O–H groups in total. The van der Waals surface area contributed by atoms with E-state index in [0.717, 1.165) is 86.0 Å². The molecule has 0 aliphatic carbocycles. The molecule has 2 unspecified atom stereocenters. The molecule has 0 saturated heterocycles. The van der Waals surface area contributed by atoms with Crippen LogP contribution in [-0.4, -0.2) is 30.7 Å². The fourth-order valence-corrected chi connectivity index (χ4v) is 17.5. The van der Waals surface area contributed by atoms with Gasteiger partial charge in [0.05, 0.1) is 47.8 Å². The summed E-state index contributed by atoms with van der Waals surface area (Å²) in [5.41, 5.74) is 11.3. The lowest BCUT2D eigenvalue weighted by Crippen LogP contribution is -2.06. The minimum atomic E-state index is 0.615. The van der Waals surface area contributed by atoms with Crippen molar-refractivity contribution in [3.8, 4) is 63.0 Å². The number of fused-ring (bicyclic) bond motifs is 2. The van der Waals surface area contributed by atoms with Crippen molar-refractivity contribution >= 4 is 90.9 Å². The Morgan fingerprint density at radius 1 is 0.390 bits per heavy atom. The Morgan fingerprint density at radius 3 is 1.28 bits per heavy atom. The second-order valence-corrected chi connectivity index (χ2v) is 29.3. The quantitative estimate of drug-likeness (QED) is 0.0356. The first-order chi connectivity index (χ1) is 40.3. The molecular formula is C70H98N4O2S6. The molecule has 0 bridgehead atoms. The van der Waals surface area contributed by atoms with Crippen molar-refractivity contribution in [1.29, 1.82) is 0 Å². The fourth-order valence-electron chi connectivity index (χ4n) is 11.9. The molecule has 0 saturated carbocycles. The van der Waals surface area contributed by atoms with E-state index < -0.39 is 0 Å². The van der Waals surface area contributed by atoms with E-state index in [0.29, 0.717) is 19.1 Å². The first kappa shape index (κ1) is 64.5. The monoisotopic (exact) mass is 1220 g/mol. The third kappa shape index (κ3) is 17.6. The zero-order valence-electron chi connectivity index (χ0n) is 51.5. The van der Waals surface area contributed by atoms with Gasteiger partial charge in [0.25, 0.3) is 0 Å². The summed E-state index contributed by atoms with van der Waals surface area (Å²) in [7, 11) is 0. The lowest BCUT2D eigenvalue weighted by molar-refractivity contribution is 0.260. The van der Waals surface area contributed by atoms with Gasteiger partial charge in [-0.15, -0.1) is 45.3 Å². The van der Waals surface area contributed by atoms with Gasteiger partial charge in [-0.05, 0) is 98.9 Å². The summed E-state index contributed by atoms with van der Waals surface area (Å²) < 4.78 is 34.8. The third-order valence-electron chi connectivity index (χ3n) is 17.1. The number of aromatic nitrogens is 4. The van der Waals surface area contributed by atoms with Gasteiger partial charge in [0.15, 0.2) is 11.5 Å². The summed E-state index contributed by atoms with van der Waals surface area (Å²) in [5.74, 6) is 3.02. The minimum absolute atomic E-state index is 0.615. The molecule has 0 fully saturated rings. The van der Waals surface area contributed by atoms with Crippen LogP contribution in [0.15, 0.2) is 48.5 Å². The van der Waals surface area contributed by atoms with Crippen LogP contribution >= 0.6 is 68.8 Å². The molecule has 2 aromatic carbocycles. The van der Waals surface area contributed by atoms with Gasteiger partial charge in [-0.25, -0.2) is 0 Å². The maximum atomic E-state index is 7.23. The van der Waals surface area contributed by atoms with E-state index in [2.05, 4.69) is 104 Å². The second-order valence-electron chi connectivity index (χ2n) is 23.5. The molecule has 6 nitrogen and oxygen atoms in total. The van der Waals surface area contributed by atoms with Gasteiger partial charge in [-0.3, -0.25) is 0 Å². The third-order valence-corrected chi connectivity index (χ3v) is 22.7. The van der Waals surface area contributed by atoms with Crippen LogP contribution in [0, 0.1) is 25.7 Å². The lowest BCUT2D eigenvalue weighted by Gasteiger charge is -2.20. The van der Waals surface area contributed by atoms with Crippen molar-refractivity contribution in [3.63, 3.8) is 0 Å². The van der Waals surface area contributed by atoms with E-state index >= 15 is 0 Å². The molecule has 0 aliphatic rings. The number of benzene rings is 2. The van der Waals surface area contributed by atoms with Crippen molar-refractivity contribution in [2.75, 3.05) is 13.2 Å². The molecule has 6 aromatic heterocycles. The topological polar surface area (TPSA) is 70.0 Å². The number of nitrogens with zero attached hydrogens (tertiary/aromatic N) is 4. The van der Waals surface area contributed by atoms with Gasteiger partial charge in [-0.2, -0.15) is 17.5 Å². The molecule has 0 spiro atoms. The molecule has 0 amide bonds. The molecular weight excluding hydrogens is 1120 g/mol. The molecule has 0 aliphatic heterocycles. The number of unbranched alkanes of at least 4 members (excludes halogenated alkanes) is 20. The van der Waals surface area contributed by atoms with Gasteiger partial charge in [0, 0.05) is 50.1 Å². The van der Waals surface area contributed by atoms with Crippen LogP contribution in [0.4, 0.5) is 0 Å². The zero-order chi connectivity index (χ0) is 57.5. The Balaban J connectivity index is 1.14. The van der Waals surface area contributed by atoms with E-state index in [1.54, 1.807) is 0 Å². The Hall–Kier alpha value is -3.52. The van der Waals surface area contributed by atoms with Crippen molar-refractivity contribution < 1.29 is 9.47 Å². The van der Waals surface area contributed by atoms with Crippen molar-refractivity contribution in [1.82, 2.24) is 17.5 Å².